The van der Waals surface area contributed by atoms with Crippen molar-refractivity contribution < 1.29 is 19.1 Å². The lowest BCUT2D eigenvalue weighted by molar-refractivity contribution is -0.140. The first-order valence-electron chi connectivity index (χ1n) is 7.40. The van der Waals surface area contributed by atoms with Crippen molar-refractivity contribution >= 4 is 11.8 Å². The third-order valence-corrected chi connectivity index (χ3v) is 3.93. The number of likely N-dealkylation sites (tertiary alicyclic amines) is 1. The van der Waals surface area contributed by atoms with Gasteiger partial charge in [-0.2, -0.15) is 0 Å². The molecule has 0 radical (unpaired) electrons. The molecule has 2 N–H and O–H groups in total. The van der Waals surface area contributed by atoms with E-state index in [1.54, 1.807) is 43.2 Å². The molecule has 0 aliphatic carbocycles. The summed E-state index contributed by atoms with van der Waals surface area (Å²) in [5.41, 5.74) is 5.30. The second-order valence-electron chi connectivity index (χ2n) is 5.44. The summed E-state index contributed by atoms with van der Waals surface area (Å²) in [6.07, 6.45) is 0.672. The average molecular weight is 306 g/mol. The molecule has 1 saturated heterocycles. The summed E-state index contributed by atoms with van der Waals surface area (Å²) >= 11 is 0. The van der Waals surface area contributed by atoms with Gasteiger partial charge < -0.3 is 20.1 Å². The number of hydrogen-bond acceptors (Lipinski definition) is 4. The second-order valence-corrected chi connectivity index (χ2v) is 5.44. The Balaban J connectivity index is 1.88. The molecule has 120 valence electrons. The van der Waals surface area contributed by atoms with Crippen LogP contribution in [0.15, 0.2) is 24.3 Å². The Hall–Kier alpha value is -2.24. The molecular weight excluding hydrogens is 284 g/mol. The number of benzene rings is 1. The molecule has 1 aliphatic rings. The van der Waals surface area contributed by atoms with E-state index >= 15 is 0 Å². The second kappa shape index (κ2) is 7.15. The largest absolute Gasteiger partial charge is 0.497 e. The van der Waals surface area contributed by atoms with Gasteiger partial charge in [0.2, 0.25) is 5.91 Å². The topological polar surface area (TPSA) is 81.9 Å². The summed E-state index contributed by atoms with van der Waals surface area (Å²) in [6, 6.07) is 7.10. The van der Waals surface area contributed by atoms with E-state index < -0.39 is 6.10 Å². The zero-order chi connectivity index (χ0) is 16.1. The number of nitrogens with zero attached hydrogens (tertiary/aromatic N) is 1. The molecule has 6 nitrogen and oxygen atoms in total. The van der Waals surface area contributed by atoms with Gasteiger partial charge in [0.15, 0.2) is 6.10 Å². The lowest BCUT2D eigenvalue weighted by atomic mass is 9.96. The Bertz CT molecular complexity index is 521. The van der Waals surface area contributed by atoms with E-state index in [2.05, 4.69) is 0 Å². The fourth-order valence-electron chi connectivity index (χ4n) is 2.55. The Labute approximate surface area is 130 Å². The summed E-state index contributed by atoms with van der Waals surface area (Å²) in [5.74, 6) is 0.878. The first kappa shape index (κ1) is 16.1. The van der Waals surface area contributed by atoms with Gasteiger partial charge >= 0.3 is 0 Å². The SMILES string of the molecule is COc1ccc(O[C@H](C)C(=O)N2CCC(C(N)=O)CC2)cc1. The van der Waals surface area contributed by atoms with Crippen LogP contribution < -0.4 is 15.2 Å². The van der Waals surface area contributed by atoms with Gasteiger partial charge in [0.25, 0.3) is 5.91 Å². The maximum absolute atomic E-state index is 12.4. The van der Waals surface area contributed by atoms with Gasteiger partial charge in [-0.1, -0.05) is 0 Å². The number of primary amides is 1. The normalized spacial score (nSPS) is 16.9. The summed E-state index contributed by atoms with van der Waals surface area (Å²) in [7, 11) is 1.59. The van der Waals surface area contributed by atoms with Gasteiger partial charge in [-0.3, -0.25) is 9.59 Å². The van der Waals surface area contributed by atoms with Crippen molar-refractivity contribution in [2.75, 3.05) is 20.2 Å². The summed E-state index contributed by atoms with van der Waals surface area (Å²) < 4.78 is 10.7. The zero-order valence-corrected chi connectivity index (χ0v) is 13.0. The molecule has 2 amide bonds. The minimum absolute atomic E-state index is 0.0706. The molecule has 1 aromatic rings. The van der Waals surface area contributed by atoms with Crippen molar-refractivity contribution in [3.05, 3.63) is 24.3 Å². The minimum atomic E-state index is -0.571. The van der Waals surface area contributed by atoms with Crippen molar-refractivity contribution in [3.63, 3.8) is 0 Å². The van der Waals surface area contributed by atoms with E-state index in [9.17, 15) is 9.59 Å². The highest BCUT2D eigenvalue weighted by atomic mass is 16.5. The summed E-state index contributed by atoms with van der Waals surface area (Å²) in [4.78, 5) is 25.2. The average Bonchev–Trinajstić information content (AvgIpc) is 2.55. The van der Waals surface area contributed by atoms with Crippen LogP contribution in [0.4, 0.5) is 0 Å². The van der Waals surface area contributed by atoms with Crippen molar-refractivity contribution in [2.24, 2.45) is 11.7 Å². The molecule has 1 aromatic carbocycles. The summed E-state index contributed by atoms with van der Waals surface area (Å²) in [5, 5.41) is 0. The van der Waals surface area contributed by atoms with E-state index in [0.29, 0.717) is 31.7 Å². The van der Waals surface area contributed by atoms with E-state index in [1.165, 1.54) is 0 Å². The molecule has 1 heterocycles. The molecule has 0 saturated carbocycles. The van der Waals surface area contributed by atoms with Crippen LogP contribution in [-0.4, -0.2) is 43.0 Å². The molecule has 1 aliphatic heterocycles. The number of hydrogen-bond donors (Lipinski definition) is 1. The predicted molar refractivity (Wildman–Crippen MR) is 81.6 cm³/mol. The number of amides is 2. The van der Waals surface area contributed by atoms with Crippen molar-refractivity contribution in [3.8, 4) is 11.5 Å². The van der Waals surface area contributed by atoms with Crippen LogP contribution in [0.3, 0.4) is 0 Å². The Morgan fingerprint density at radius 1 is 1.18 bits per heavy atom. The molecule has 22 heavy (non-hydrogen) atoms. The van der Waals surface area contributed by atoms with Crippen LogP contribution in [0.25, 0.3) is 0 Å². The van der Waals surface area contributed by atoms with Crippen LogP contribution in [0, 0.1) is 5.92 Å². The fourth-order valence-corrected chi connectivity index (χ4v) is 2.55. The molecule has 0 spiro atoms. The molecular formula is C16H22N2O4. The van der Waals surface area contributed by atoms with Crippen LogP contribution in [-0.2, 0) is 9.59 Å². The van der Waals surface area contributed by atoms with Gasteiger partial charge in [0.1, 0.15) is 11.5 Å². The van der Waals surface area contributed by atoms with E-state index in [0.717, 1.165) is 5.75 Å². The van der Waals surface area contributed by atoms with Gasteiger partial charge in [-0.05, 0) is 44.0 Å². The van der Waals surface area contributed by atoms with Crippen LogP contribution >= 0.6 is 0 Å². The van der Waals surface area contributed by atoms with Crippen LogP contribution in [0.5, 0.6) is 11.5 Å². The molecule has 0 unspecified atom stereocenters. The van der Waals surface area contributed by atoms with Gasteiger partial charge in [0, 0.05) is 19.0 Å². The number of carbonyl (C=O) groups is 2. The molecule has 1 atom stereocenters. The number of carbonyl (C=O) groups excluding carboxylic acids is 2. The van der Waals surface area contributed by atoms with E-state index in [1.807, 2.05) is 0 Å². The quantitative estimate of drug-likeness (QED) is 0.886. The third kappa shape index (κ3) is 3.90. The maximum atomic E-state index is 12.4. The molecule has 1 fully saturated rings. The third-order valence-electron chi connectivity index (χ3n) is 3.93. The van der Waals surface area contributed by atoms with Crippen molar-refractivity contribution in [1.29, 1.82) is 0 Å². The Morgan fingerprint density at radius 3 is 2.23 bits per heavy atom. The van der Waals surface area contributed by atoms with Crippen LogP contribution in [0.2, 0.25) is 0 Å². The smallest absolute Gasteiger partial charge is 0.263 e. The Kier molecular flexibility index (Phi) is 5.25. The number of piperidine rings is 1. The molecule has 2 rings (SSSR count). The highest BCUT2D eigenvalue weighted by molar-refractivity contribution is 5.82. The standard InChI is InChI=1S/C16H22N2O4/c1-11(22-14-5-3-13(21-2)4-6-14)16(20)18-9-7-12(8-10-18)15(17)19/h3-6,11-12H,7-10H2,1-2H3,(H2,17,19)/t11-/m1/s1. The van der Waals surface area contributed by atoms with E-state index in [4.69, 9.17) is 15.2 Å². The Morgan fingerprint density at radius 2 is 1.73 bits per heavy atom. The first-order chi connectivity index (χ1) is 10.5. The number of nitrogens with two attached hydrogens (primary N) is 1. The van der Waals surface area contributed by atoms with Gasteiger partial charge in [0.05, 0.1) is 7.11 Å². The summed E-state index contributed by atoms with van der Waals surface area (Å²) in [6.45, 7) is 2.82. The van der Waals surface area contributed by atoms with Crippen molar-refractivity contribution in [2.45, 2.75) is 25.9 Å². The fraction of sp³-hybridized carbons (Fsp3) is 0.500. The highest BCUT2D eigenvalue weighted by Crippen LogP contribution is 2.21. The minimum Gasteiger partial charge on any atom is -0.497 e. The van der Waals surface area contributed by atoms with E-state index in [-0.39, 0.29) is 17.7 Å². The molecule has 0 aromatic heterocycles. The monoisotopic (exact) mass is 306 g/mol. The van der Waals surface area contributed by atoms with Gasteiger partial charge in [-0.15, -0.1) is 0 Å². The van der Waals surface area contributed by atoms with Crippen LogP contribution in [0.1, 0.15) is 19.8 Å². The lowest BCUT2D eigenvalue weighted by Gasteiger charge is -2.32. The molecule has 0 bridgehead atoms. The van der Waals surface area contributed by atoms with Gasteiger partial charge in [-0.25, -0.2) is 0 Å². The number of rotatable bonds is 5. The zero-order valence-electron chi connectivity index (χ0n) is 13.0. The van der Waals surface area contributed by atoms with Crippen molar-refractivity contribution in [1.82, 2.24) is 4.90 Å². The predicted octanol–water partition coefficient (Wildman–Crippen LogP) is 1.19. The first-order valence-corrected chi connectivity index (χ1v) is 7.40. The number of methoxy groups -OCH3 is 1. The maximum Gasteiger partial charge on any atom is 0.263 e. The highest BCUT2D eigenvalue weighted by Gasteiger charge is 2.28. The number of ether oxygens (including phenoxy) is 2. The lowest BCUT2D eigenvalue weighted by Crippen LogP contribution is -2.46. The molecule has 6 heteroatoms.